The van der Waals surface area contributed by atoms with Gasteiger partial charge in [-0.1, -0.05) is 22.4 Å². The number of nitrogens with zero attached hydrogens (tertiary/aromatic N) is 5. The minimum absolute atomic E-state index is 0.0606. The molecule has 1 aliphatic heterocycles. The van der Waals surface area contributed by atoms with Gasteiger partial charge in [0.25, 0.3) is 5.91 Å². The minimum Gasteiger partial charge on any atom is -0.485 e. The molecule has 1 aromatic carbocycles. The summed E-state index contributed by atoms with van der Waals surface area (Å²) >= 11 is 0. The molecule has 4 rings (SSSR count). The van der Waals surface area contributed by atoms with Gasteiger partial charge in [-0.3, -0.25) is 4.79 Å². The third-order valence-corrected chi connectivity index (χ3v) is 7.50. The molecule has 0 saturated carbocycles. The van der Waals surface area contributed by atoms with E-state index in [0.29, 0.717) is 48.2 Å². The minimum atomic E-state index is -3.77. The van der Waals surface area contributed by atoms with Crippen LogP contribution in [-0.2, 0) is 16.6 Å². The number of carbonyl (C=O) groups is 1. The highest BCUT2D eigenvalue weighted by Crippen LogP contribution is 2.26. The summed E-state index contributed by atoms with van der Waals surface area (Å²) in [7, 11) is -3.77. The first-order valence-electron chi connectivity index (χ1n) is 10.5. The molecule has 0 radical (unpaired) electrons. The maximum atomic E-state index is 13.3. The molecule has 3 heterocycles. The van der Waals surface area contributed by atoms with Crippen LogP contribution >= 0.6 is 0 Å². The lowest BCUT2D eigenvalue weighted by atomic mass is 10.1. The van der Waals surface area contributed by atoms with E-state index in [9.17, 15) is 13.2 Å². The van der Waals surface area contributed by atoms with Gasteiger partial charge in [-0.15, -0.1) is 0 Å². The number of ether oxygens (including phenoxy) is 1. The smallest absolute Gasteiger partial charge is 0.257 e. The number of aryl methyl sites for hydroxylation is 3. The predicted octanol–water partition coefficient (Wildman–Crippen LogP) is 2.10. The Labute approximate surface area is 191 Å². The summed E-state index contributed by atoms with van der Waals surface area (Å²) < 4.78 is 43.4. The largest absolute Gasteiger partial charge is 0.485 e. The van der Waals surface area contributed by atoms with E-state index >= 15 is 0 Å². The zero-order chi connectivity index (χ0) is 23.6. The summed E-state index contributed by atoms with van der Waals surface area (Å²) in [4.78, 5) is 19.1. The topological polar surface area (TPSA) is 132 Å². The molecule has 1 fully saturated rings. The zero-order valence-corrected chi connectivity index (χ0v) is 19.5. The molecule has 1 aliphatic rings. The van der Waals surface area contributed by atoms with Crippen LogP contribution in [-0.4, -0.2) is 65.0 Å². The normalized spacial score (nSPS) is 15.4. The Morgan fingerprint density at radius 2 is 1.85 bits per heavy atom. The van der Waals surface area contributed by atoms with E-state index in [4.69, 9.17) is 13.8 Å². The van der Waals surface area contributed by atoms with Crippen LogP contribution in [0.5, 0.6) is 5.75 Å². The van der Waals surface area contributed by atoms with Crippen LogP contribution in [0.3, 0.4) is 0 Å². The fraction of sp³-hybridized carbons (Fsp3) is 0.429. The van der Waals surface area contributed by atoms with E-state index in [1.165, 1.54) is 4.31 Å². The average molecular weight is 476 g/mol. The van der Waals surface area contributed by atoms with Gasteiger partial charge >= 0.3 is 0 Å². The average Bonchev–Trinajstić information content (AvgIpc) is 3.25. The number of rotatable bonds is 6. The molecule has 0 atom stereocenters. The zero-order valence-electron chi connectivity index (χ0n) is 18.6. The molecule has 12 heteroatoms. The second-order valence-electron chi connectivity index (χ2n) is 7.72. The van der Waals surface area contributed by atoms with E-state index in [-0.39, 0.29) is 36.3 Å². The Bertz CT molecular complexity index is 1230. The van der Waals surface area contributed by atoms with E-state index in [2.05, 4.69) is 15.3 Å². The van der Waals surface area contributed by atoms with Gasteiger partial charge in [0, 0.05) is 33.1 Å². The van der Waals surface area contributed by atoms with E-state index in [1.807, 2.05) is 0 Å². The van der Waals surface area contributed by atoms with Gasteiger partial charge in [0.05, 0.1) is 5.56 Å². The van der Waals surface area contributed by atoms with Crippen molar-refractivity contribution in [1.29, 1.82) is 0 Å². The molecule has 176 valence electrons. The molecule has 0 N–H and O–H groups in total. The van der Waals surface area contributed by atoms with Crippen molar-refractivity contribution in [2.75, 3.05) is 26.2 Å². The summed E-state index contributed by atoms with van der Waals surface area (Å²) in [6, 6.07) is 6.91. The fourth-order valence-electron chi connectivity index (χ4n) is 3.79. The summed E-state index contributed by atoms with van der Waals surface area (Å²) in [5.74, 6) is 1.23. The number of benzene rings is 1. The van der Waals surface area contributed by atoms with Crippen LogP contribution in [0.2, 0.25) is 0 Å². The van der Waals surface area contributed by atoms with Crippen LogP contribution in [0.15, 0.2) is 38.2 Å². The summed E-state index contributed by atoms with van der Waals surface area (Å²) in [6.07, 6.45) is 0.500. The standard InChI is InChI=1S/C21H25N5O6S/c1-14-20(15(2)31-23-14)33(28,29)26-10-6-9-25(11-12-26)21(27)17-7-4-5-8-18(17)30-13-19-22-16(3)32-24-19/h4-5,7-8H,6,9-13H2,1-3H3. The summed E-state index contributed by atoms with van der Waals surface area (Å²) in [5, 5.41) is 7.55. The fourth-order valence-corrected chi connectivity index (χ4v) is 5.55. The third kappa shape index (κ3) is 4.76. The number of carbonyl (C=O) groups excluding carboxylic acids is 1. The highest BCUT2D eigenvalue weighted by molar-refractivity contribution is 7.89. The van der Waals surface area contributed by atoms with Gasteiger partial charge in [0.2, 0.25) is 21.7 Å². The van der Waals surface area contributed by atoms with Crippen molar-refractivity contribution in [3.05, 3.63) is 53.0 Å². The van der Waals surface area contributed by atoms with Crippen molar-refractivity contribution in [2.24, 2.45) is 0 Å². The van der Waals surface area contributed by atoms with Crippen LogP contribution in [0.25, 0.3) is 0 Å². The van der Waals surface area contributed by atoms with Gasteiger partial charge in [-0.25, -0.2) is 8.42 Å². The van der Waals surface area contributed by atoms with Crippen LogP contribution in [0.1, 0.15) is 39.9 Å². The number of para-hydroxylation sites is 1. The molecule has 33 heavy (non-hydrogen) atoms. The Balaban J connectivity index is 1.47. The Morgan fingerprint density at radius 3 is 2.55 bits per heavy atom. The molecule has 2 aromatic heterocycles. The van der Waals surface area contributed by atoms with Crippen molar-refractivity contribution in [1.82, 2.24) is 24.5 Å². The van der Waals surface area contributed by atoms with Crippen molar-refractivity contribution in [3.63, 3.8) is 0 Å². The first-order valence-corrected chi connectivity index (χ1v) is 11.9. The monoisotopic (exact) mass is 475 g/mol. The molecule has 1 saturated heterocycles. The highest BCUT2D eigenvalue weighted by Gasteiger charge is 2.33. The third-order valence-electron chi connectivity index (χ3n) is 5.35. The van der Waals surface area contributed by atoms with Crippen LogP contribution < -0.4 is 4.74 Å². The van der Waals surface area contributed by atoms with Gasteiger partial charge in [-0.05, 0) is 32.4 Å². The second kappa shape index (κ2) is 9.32. The van der Waals surface area contributed by atoms with Gasteiger partial charge in [0.15, 0.2) is 12.4 Å². The highest BCUT2D eigenvalue weighted by atomic mass is 32.2. The van der Waals surface area contributed by atoms with E-state index in [0.717, 1.165) is 0 Å². The lowest BCUT2D eigenvalue weighted by Gasteiger charge is -2.22. The van der Waals surface area contributed by atoms with Crippen molar-refractivity contribution in [2.45, 2.75) is 38.7 Å². The van der Waals surface area contributed by atoms with Crippen molar-refractivity contribution >= 4 is 15.9 Å². The molecule has 11 nitrogen and oxygen atoms in total. The van der Waals surface area contributed by atoms with Gasteiger partial charge in [0.1, 0.15) is 16.3 Å². The number of sulfonamides is 1. The molecular weight excluding hydrogens is 450 g/mol. The molecule has 0 aliphatic carbocycles. The molecule has 0 spiro atoms. The maximum absolute atomic E-state index is 13.3. The van der Waals surface area contributed by atoms with E-state index in [1.54, 1.807) is 49.9 Å². The Hall–Kier alpha value is -3.25. The molecule has 0 bridgehead atoms. The summed E-state index contributed by atoms with van der Waals surface area (Å²) in [6.45, 7) is 6.06. The first kappa shape index (κ1) is 22.9. The molecule has 0 unspecified atom stereocenters. The SMILES string of the molecule is Cc1nc(COc2ccccc2C(=O)N2CCCN(S(=O)(=O)c3c(C)noc3C)CC2)no1. The van der Waals surface area contributed by atoms with Crippen molar-refractivity contribution < 1.29 is 27.0 Å². The van der Waals surface area contributed by atoms with E-state index < -0.39 is 10.0 Å². The van der Waals surface area contributed by atoms with Gasteiger partial charge < -0.3 is 18.7 Å². The first-order chi connectivity index (χ1) is 15.8. The lowest BCUT2D eigenvalue weighted by molar-refractivity contribution is 0.0759. The summed E-state index contributed by atoms with van der Waals surface area (Å²) in [5.41, 5.74) is 0.715. The number of aromatic nitrogens is 3. The molecule has 3 aromatic rings. The maximum Gasteiger partial charge on any atom is 0.257 e. The lowest BCUT2D eigenvalue weighted by Crippen LogP contribution is -2.37. The Morgan fingerprint density at radius 1 is 1.06 bits per heavy atom. The van der Waals surface area contributed by atoms with Crippen molar-refractivity contribution in [3.8, 4) is 5.75 Å². The number of amides is 1. The predicted molar refractivity (Wildman–Crippen MR) is 115 cm³/mol. The number of hydrogen-bond donors (Lipinski definition) is 0. The van der Waals surface area contributed by atoms with Gasteiger partial charge in [-0.2, -0.15) is 9.29 Å². The quantitative estimate of drug-likeness (QED) is 0.526. The van der Waals surface area contributed by atoms with Crippen LogP contribution in [0.4, 0.5) is 0 Å². The Kier molecular flexibility index (Phi) is 6.47. The molecular formula is C21H25N5O6S. The number of hydrogen-bond acceptors (Lipinski definition) is 9. The second-order valence-corrected chi connectivity index (χ2v) is 9.59. The van der Waals surface area contributed by atoms with Crippen LogP contribution in [0, 0.1) is 20.8 Å². The molecule has 1 amide bonds.